The molecule has 1 saturated carbocycles. The van der Waals surface area contributed by atoms with Crippen molar-refractivity contribution in [2.24, 2.45) is 5.92 Å². The highest BCUT2D eigenvalue weighted by Gasteiger charge is 2.33. The molecule has 2 heterocycles. The SMILES string of the molecule is CCNc1nc(NC2CC2C)nc(-n2cccn2)n1. The van der Waals surface area contributed by atoms with Gasteiger partial charge >= 0.3 is 0 Å². The van der Waals surface area contributed by atoms with E-state index in [1.807, 2.05) is 19.2 Å². The van der Waals surface area contributed by atoms with Crippen LogP contribution in [0, 0.1) is 5.92 Å². The number of hydrogen-bond acceptors (Lipinski definition) is 6. The van der Waals surface area contributed by atoms with E-state index in [0.29, 0.717) is 29.8 Å². The lowest BCUT2D eigenvalue weighted by molar-refractivity contribution is 0.792. The minimum atomic E-state index is 0.474. The van der Waals surface area contributed by atoms with Crippen molar-refractivity contribution in [2.45, 2.75) is 26.3 Å². The smallest absolute Gasteiger partial charge is 0.257 e. The minimum absolute atomic E-state index is 0.474. The van der Waals surface area contributed by atoms with Crippen molar-refractivity contribution < 1.29 is 0 Å². The van der Waals surface area contributed by atoms with E-state index in [-0.39, 0.29) is 0 Å². The van der Waals surface area contributed by atoms with E-state index < -0.39 is 0 Å². The van der Waals surface area contributed by atoms with Gasteiger partial charge in [-0.2, -0.15) is 20.1 Å². The van der Waals surface area contributed by atoms with Gasteiger partial charge < -0.3 is 10.6 Å². The third-order valence-electron chi connectivity index (χ3n) is 3.09. The summed E-state index contributed by atoms with van der Waals surface area (Å²) in [5.74, 6) is 2.38. The predicted octanol–water partition coefficient (Wildman–Crippen LogP) is 1.31. The third-order valence-corrected chi connectivity index (χ3v) is 3.09. The molecule has 19 heavy (non-hydrogen) atoms. The maximum atomic E-state index is 4.40. The average Bonchev–Trinajstić information content (AvgIpc) is 2.90. The zero-order valence-electron chi connectivity index (χ0n) is 11.0. The Morgan fingerprint density at radius 2 is 2.11 bits per heavy atom. The molecule has 2 unspecified atom stereocenters. The summed E-state index contributed by atoms with van der Waals surface area (Å²) >= 11 is 0. The molecule has 1 aliphatic carbocycles. The normalized spacial score (nSPS) is 21.2. The van der Waals surface area contributed by atoms with Crippen molar-refractivity contribution in [3.05, 3.63) is 18.5 Å². The quantitative estimate of drug-likeness (QED) is 0.842. The summed E-state index contributed by atoms with van der Waals surface area (Å²) in [4.78, 5) is 13.1. The van der Waals surface area contributed by atoms with Crippen molar-refractivity contribution in [2.75, 3.05) is 17.2 Å². The number of rotatable bonds is 5. The first-order valence-corrected chi connectivity index (χ1v) is 6.52. The monoisotopic (exact) mass is 259 g/mol. The topological polar surface area (TPSA) is 80.5 Å². The Balaban J connectivity index is 1.90. The molecule has 0 aromatic carbocycles. The van der Waals surface area contributed by atoms with Crippen molar-refractivity contribution in [3.63, 3.8) is 0 Å². The van der Waals surface area contributed by atoms with Gasteiger partial charge in [-0.3, -0.25) is 0 Å². The summed E-state index contributed by atoms with van der Waals surface area (Å²) in [6.45, 7) is 4.98. The van der Waals surface area contributed by atoms with Crippen LogP contribution in [0.15, 0.2) is 18.5 Å². The highest BCUT2D eigenvalue weighted by Crippen LogP contribution is 2.31. The lowest BCUT2D eigenvalue weighted by Gasteiger charge is -2.08. The van der Waals surface area contributed by atoms with Gasteiger partial charge in [0.15, 0.2) is 0 Å². The fourth-order valence-corrected chi connectivity index (χ4v) is 1.85. The Kier molecular flexibility index (Phi) is 3.02. The molecule has 1 fully saturated rings. The Bertz CT molecular complexity index is 551. The van der Waals surface area contributed by atoms with Crippen LogP contribution >= 0.6 is 0 Å². The van der Waals surface area contributed by atoms with E-state index in [0.717, 1.165) is 6.54 Å². The molecule has 0 spiro atoms. The zero-order valence-corrected chi connectivity index (χ0v) is 11.0. The Hall–Kier alpha value is -2.18. The molecule has 2 aromatic rings. The molecule has 3 rings (SSSR count). The summed E-state index contributed by atoms with van der Waals surface area (Å²) in [7, 11) is 0. The van der Waals surface area contributed by atoms with Crippen LogP contribution in [0.1, 0.15) is 20.3 Å². The van der Waals surface area contributed by atoms with E-state index in [1.165, 1.54) is 6.42 Å². The van der Waals surface area contributed by atoms with Gasteiger partial charge in [-0.05, 0) is 25.3 Å². The molecule has 7 nitrogen and oxygen atoms in total. The zero-order chi connectivity index (χ0) is 13.2. The lowest BCUT2D eigenvalue weighted by Crippen LogP contribution is -2.14. The Morgan fingerprint density at radius 3 is 2.74 bits per heavy atom. The van der Waals surface area contributed by atoms with Crippen molar-refractivity contribution in [3.8, 4) is 5.95 Å². The number of anilines is 2. The average molecular weight is 259 g/mol. The third kappa shape index (κ3) is 2.64. The van der Waals surface area contributed by atoms with Crippen molar-refractivity contribution in [1.82, 2.24) is 24.7 Å². The molecule has 0 bridgehead atoms. The summed E-state index contributed by atoms with van der Waals surface area (Å²) in [5.41, 5.74) is 0. The van der Waals surface area contributed by atoms with E-state index >= 15 is 0 Å². The fourth-order valence-electron chi connectivity index (χ4n) is 1.85. The number of hydrogen-bond donors (Lipinski definition) is 2. The molecule has 0 aliphatic heterocycles. The minimum Gasteiger partial charge on any atom is -0.354 e. The number of nitrogens with zero attached hydrogens (tertiary/aromatic N) is 5. The second-order valence-electron chi connectivity index (χ2n) is 4.73. The first kappa shape index (κ1) is 11.9. The van der Waals surface area contributed by atoms with Crippen LogP contribution in [0.2, 0.25) is 0 Å². The summed E-state index contributed by atoms with van der Waals surface area (Å²) < 4.78 is 1.63. The van der Waals surface area contributed by atoms with Crippen LogP contribution in [-0.2, 0) is 0 Å². The van der Waals surface area contributed by atoms with Gasteiger partial charge in [-0.25, -0.2) is 4.68 Å². The van der Waals surface area contributed by atoms with E-state index in [2.05, 4.69) is 37.6 Å². The van der Waals surface area contributed by atoms with Crippen LogP contribution in [0.4, 0.5) is 11.9 Å². The van der Waals surface area contributed by atoms with Crippen LogP contribution in [0.25, 0.3) is 5.95 Å². The molecule has 2 aromatic heterocycles. The number of nitrogens with one attached hydrogen (secondary N) is 2. The van der Waals surface area contributed by atoms with Crippen LogP contribution in [0.5, 0.6) is 0 Å². The lowest BCUT2D eigenvalue weighted by atomic mass is 10.5. The molecular weight excluding hydrogens is 242 g/mol. The second kappa shape index (κ2) is 4.83. The molecular formula is C12H17N7. The molecule has 7 heteroatoms. The van der Waals surface area contributed by atoms with E-state index in [9.17, 15) is 0 Å². The first-order chi connectivity index (χ1) is 9.26. The predicted molar refractivity (Wildman–Crippen MR) is 72.3 cm³/mol. The molecule has 100 valence electrons. The molecule has 0 saturated heterocycles. The Labute approximate surface area is 111 Å². The molecule has 2 N–H and O–H groups in total. The summed E-state index contributed by atoms with van der Waals surface area (Å²) in [6, 6.07) is 2.31. The second-order valence-corrected chi connectivity index (χ2v) is 4.73. The van der Waals surface area contributed by atoms with Gasteiger partial charge in [0.2, 0.25) is 11.9 Å². The van der Waals surface area contributed by atoms with Crippen LogP contribution in [0.3, 0.4) is 0 Å². The van der Waals surface area contributed by atoms with Crippen LogP contribution in [-0.4, -0.2) is 37.3 Å². The van der Waals surface area contributed by atoms with Gasteiger partial charge in [0.25, 0.3) is 5.95 Å². The van der Waals surface area contributed by atoms with Crippen molar-refractivity contribution in [1.29, 1.82) is 0 Å². The van der Waals surface area contributed by atoms with Gasteiger partial charge in [0.05, 0.1) is 0 Å². The number of aromatic nitrogens is 5. The van der Waals surface area contributed by atoms with Crippen molar-refractivity contribution >= 4 is 11.9 Å². The highest BCUT2D eigenvalue weighted by atomic mass is 15.4. The molecule has 0 amide bonds. The van der Waals surface area contributed by atoms with Gasteiger partial charge in [-0.1, -0.05) is 6.92 Å². The summed E-state index contributed by atoms with van der Waals surface area (Å²) in [5, 5.41) is 10.6. The van der Waals surface area contributed by atoms with E-state index in [1.54, 1.807) is 10.9 Å². The Morgan fingerprint density at radius 1 is 1.32 bits per heavy atom. The highest BCUT2D eigenvalue weighted by molar-refractivity contribution is 5.39. The maximum absolute atomic E-state index is 4.40. The molecule has 2 atom stereocenters. The molecule has 1 aliphatic rings. The van der Waals surface area contributed by atoms with Gasteiger partial charge in [0.1, 0.15) is 0 Å². The summed E-state index contributed by atoms with van der Waals surface area (Å²) in [6.07, 6.45) is 4.68. The van der Waals surface area contributed by atoms with Crippen LogP contribution < -0.4 is 10.6 Å². The first-order valence-electron chi connectivity index (χ1n) is 6.52. The largest absolute Gasteiger partial charge is 0.354 e. The van der Waals surface area contributed by atoms with E-state index in [4.69, 9.17) is 0 Å². The molecule has 0 radical (unpaired) electrons. The van der Waals surface area contributed by atoms with Gasteiger partial charge in [0, 0.05) is 25.0 Å². The standard InChI is InChI=1S/C12H17N7/c1-3-13-10-16-11(15-9-7-8(9)2)18-12(17-10)19-6-4-5-14-19/h4-6,8-9H,3,7H2,1-2H3,(H2,13,15,16,17,18). The fraction of sp³-hybridized carbons (Fsp3) is 0.500. The maximum Gasteiger partial charge on any atom is 0.257 e. The van der Waals surface area contributed by atoms with Gasteiger partial charge in [-0.15, -0.1) is 0 Å².